The highest BCUT2D eigenvalue weighted by Crippen LogP contribution is 2.30. The summed E-state index contributed by atoms with van der Waals surface area (Å²) in [5.74, 6) is 0.346. The first-order valence-corrected chi connectivity index (χ1v) is 6.61. The largest absolute Gasteiger partial charge is 0.422 e. The standard InChI is InChI=1S/C15H9IO2/c16-11-7-5-10(6-8-11)9-14-12-3-1-2-4-13(12)15(17)18-14/h1-9H/b14-9-. The number of halogens is 1. The first-order valence-electron chi connectivity index (χ1n) is 5.53. The molecule has 2 aromatic rings. The summed E-state index contributed by atoms with van der Waals surface area (Å²) in [5.41, 5.74) is 2.52. The van der Waals surface area contributed by atoms with E-state index in [0.29, 0.717) is 11.3 Å². The van der Waals surface area contributed by atoms with Gasteiger partial charge in [0.2, 0.25) is 0 Å². The highest BCUT2D eigenvalue weighted by atomic mass is 127. The van der Waals surface area contributed by atoms with Crippen LogP contribution in [0.25, 0.3) is 11.8 Å². The van der Waals surface area contributed by atoms with Gasteiger partial charge in [0, 0.05) is 9.13 Å². The number of rotatable bonds is 1. The molecule has 0 fully saturated rings. The van der Waals surface area contributed by atoms with Gasteiger partial charge in [0.1, 0.15) is 5.76 Å². The second-order valence-corrected chi connectivity index (χ2v) is 5.24. The minimum atomic E-state index is -0.276. The Morgan fingerprint density at radius 2 is 1.61 bits per heavy atom. The molecule has 0 unspecified atom stereocenters. The maximum Gasteiger partial charge on any atom is 0.344 e. The summed E-state index contributed by atoms with van der Waals surface area (Å²) < 4.78 is 6.47. The van der Waals surface area contributed by atoms with Crippen molar-refractivity contribution in [1.82, 2.24) is 0 Å². The second kappa shape index (κ2) is 4.57. The van der Waals surface area contributed by atoms with Crippen LogP contribution in [-0.4, -0.2) is 5.97 Å². The van der Waals surface area contributed by atoms with Crippen LogP contribution in [0.15, 0.2) is 48.5 Å². The van der Waals surface area contributed by atoms with Crippen LogP contribution in [0.2, 0.25) is 0 Å². The molecule has 0 N–H and O–H groups in total. The van der Waals surface area contributed by atoms with Crippen LogP contribution in [0.1, 0.15) is 21.5 Å². The molecule has 0 aliphatic carbocycles. The maximum absolute atomic E-state index is 11.7. The molecule has 1 heterocycles. The Balaban J connectivity index is 2.04. The molecule has 3 rings (SSSR count). The Morgan fingerprint density at radius 3 is 2.33 bits per heavy atom. The van der Waals surface area contributed by atoms with Crippen LogP contribution >= 0.6 is 22.6 Å². The molecule has 0 atom stereocenters. The van der Waals surface area contributed by atoms with Gasteiger partial charge in [-0.1, -0.05) is 30.3 Å². The third-order valence-corrected chi connectivity index (χ3v) is 3.50. The van der Waals surface area contributed by atoms with Crippen LogP contribution in [0.3, 0.4) is 0 Å². The molecule has 0 amide bonds. The molecule has 1 aliphatic rings. The number of cyclic esters (lactones) is 1. The zero-order chi connectivity index (χ0) is 12.5. The van der Waals surface area contributed by atoms with Gasteiger partial charge in [-0.05, 0) is 52.4 Å². The second-order valence-electron chi connectivity index (χ2n) is 4.00. The monoisotopic (exact) mass is 348 g/mol. The summed E-state index contributed by atoms with van der Waals surface area (Å²) in [4.78, 5) is 11.7. The number of ether oxygens (including phenoxy) is 1. The molecule has 0 bridgehead atoms. The van der Waals surface area contributed by atoms with E-state index in [-0.39, 0.29) is 5.97 Å². The molecule has 0 saturated carbocycles. The van der Waals surface area contributed by atoms with Crippen LogP contribution in [-0.2, 0) is 4.74 Å². The van der Waals surface area contributed by atoms with Gasteiger partial charge in [-0.25, -0.2) is 4.79 Å². The van der Waals surface area contributed by atoms with Crippen LogP contribution in [0, 0.1) is 3.57 Å². The van der Waals surface area contributed by atoms with Gasteiger partial charge >= 0.3 is 5.97 Å². The maximum atomic E-state index is 11.7. The zero-order valence-corrected chi connectivity index (χ0v) is 11.5. The number of carbonyl (C=O) groups excluding carboxylic acids is 1. The summed E-state index contributed by atoms with van der Waals surface area (Å²) >= 11 is 2.26. The Kier molecular flexibility index (Phi) is 2.91. The van der Waals surface area contributed by atoms with Crippen molar-refractivity contribution in [2.24, 2.45) is 0 Å². The van der Waals surface area contributed by atoms with Crippen molar-refractivity contribution >= 4 is 40.4 Å². The Hall–Kier alpha value is -1.62. The highest BCUT2D eigenvalue weighted by Gasteiger charge is 2.25. The van der Waals surface area contributed by atoms with Crippen molar-refractivity contribution < 1.29 is 9.53 Å². The van der Waals surface area contributed by atoms with E-state index in [1.165, 1.54) is 3.57 Å². The van der Waals surface area contributed by atoms with E-state index in [4.69, 9.17) is 4.74 Å². The zero-order valence-electron chi connectivity index (χ0n) is 9.39. The number of carbonyl (C=O) groups is 1. The Bertz CT molecular complexity index is 642. The summed E-state index contributed by atoms with van der Waals surface area (Å²) in [6.07, 6.45) is 1.89. The smallest absolute Gasteiger partial charge is 0.344 e. The van der Waals surface area contributed by atoms with Crippen LogP contribution in [0.5, 0.6) is 0 Å². The fourth-order valence-electron chi connectivity index (χ4n) is 1.90. The Labute approximate surface area is 118 Å². The lowest BCUT2D eigenvalue weighted by Gasteiger charge is -1.99. The van der Waals surface area contributed by atoms with Gasteiger partial charge in [-0.15, -0.1) is 0 Å². The molecular weight excluding hydrogens is 339 g/mol. The molecule has 0 spiro atoms. The van der Waals surface area contributed by atoms with Crippen molar-refractivity contribution in [2.75, 3.05) is 0 Å². The van der Waals surface area contributed by atoms with E-state index in [0.717, 1.165) is 11.1 Å². The van der Waals surface area contributed by atoms with E-state index in [2.05, 4.69) is 22.6 Å². The third kappa shape index (κ3) is 2.06. The average Bonchev–Trinajstić information content (AvgIpc) is 2.70. The van der Waals surface area contributed by atoms with Gasteiger partial charge in [-0.2, -0.15) is 0 Å². The topological polar surface area (TPSA) is 26.3 Å². The SMILES string of the molecule is O=C1O/C(=C\c2ccc(I)cc2)c2ccccc21. The number of esters is 1. The number of hydrogen-bond donors (Lipinski definition) is 0. The molecule has 3 heteroatoms. The van der Waals surface area contributed by atoms with Crippen molar-refractivity contribution in [2.45, 2.75) is 0 Å². The highest BCUT2D eigenvalue weighted by molar-refractivity contribution is 14.1. The van der Waals surface area contributed by atoms with E-state index in [1.54, 1.807) is 6.07 Å². The third-order valence-electron chi connectivity index (χ3n) is 2.78. The fraction of sp³-hybridized carbons (Fsp3) is 0. The molecule has 88 valence electrons. The van der Waals surface area contributed by atoms with Crippen molar-refractivity contribution in [1.29, 1.82) is 0 Å². The van der Waals surface area contributed by atoms with Crippen LogP contribution < -0.4 is 0 Å². The van der Waals surface area contributed by atoms with Crippen molar-refractivity contribution in [3.05, 3.63) is 68.8 Å². The first-order chi connectivity index (χ1) is 8.74. The number of hydrogen-bond acceptors (Lipinski definition) is 2. The lowest BCUT2D eigenvalue weighted by Crippen LogP contribution is -1.92. The molecule has 0 aromatic heterocycles. The van der Waals surface area contributed by atoms with Gasteiger partial charge in [0.25, 0.3) is 0 Å². The van der Waals surface area contributed by atoms with E-state index in [9.17, 15) is 4.79 Å². The molecule has 2 aromatic carbocycles. The normalized spacial score (nSPS) is 15.6. The molecule has 18 heavy (non-hydrogen) atoms. The van der Waals surface area contributed by atoms with E-state index in [1.807, 2.05) is 48.5 Å². The quantitative estimate of drug-likeness (QED) is 0.576. The summed E-state index contributed by atoms with van der Waals surface area (Å²) in [7, 11) is 0. The minimum Gasteiger partial charge on any atom is -0.422 e. The molecular formula is C15H9IO2. The van der Waals surface area contributed by atoms with E-state index >= 15 is 0 Å². The lowest BCUT2D eigenvalue weighted by molar-refractivity contribution is 0.0717. The minimum absolute atomic E-state index is 0.276. The van der Waals surface area contributed by atoms with Crippen LogP contribution in [0.4, 0.5) is 0 Å². The predicted octanol–water partition coefficient (Wildman–Crippen LogP) is 3.96. The van der Waals surface area contributed by atoms with E-state index < -0.39 is 0 Å². The average molecular weight is 348 g/mol. The summed E-state index contributed by atoms with van der Waals surface area (Å²) in [5, 5.41) is 0. The molecule has 2 nitrogen and oxygen atoms in total. The Morgan fingerprint density at radius 1 is 0.944 bits per heavy atom. The lowest BCUT2D eigenvalue weighted by atomic mass is 10.1. The summed E-state index contributed by atoms with van der Waals surface area (Å²) in [6.45, 7) is 0. The molecule has 0 saturated heterocycles. The summed E-state index contributed by atoms with van der Waals surface area (Å²) in [6, 6.07) is 15.5. The molecule has 1 aliphatic heterocycles. The number of fused-ring (bicyclic) bond motifs is 1. The van der Waals surface area contributed by atoms with Crippen molar-refractivity contribution in [3.8, 4) is 0 Å². The predicted molar refractivity (Wildman–Crippen MR) is 78.9 cm³/mol. The van der Waals surface area contributed by atoms with Gasteiger partial charge in [-0.3, -0.25) is 0 Å². The number of benzene rings is 2. The van der Waals surface area contributed by atoms with Gasteiger partial charge in [0.15, 0.2) is 0 Å². The fourth-order valence-corrected chi connectivity index (χ4v) is 2.26. The molecule has 0 radical (unpaired) electrons. The van der Waals surface area contributed by atoms with Crippen molar-refractivity contribution in [3.63, 3.8) is 0 Å². The van der Waals surface area contributed by atoms with Gasteiger partial charge in [0.05, 0.1) is 5.56 Å². The van der Waals surface area contributed by atoms with Gasteiger partial charge < -0.3 is 4.74 Å². The first kappa shape index (κ1) is 11.5.